The van der Waals surface area contributed by atoms with Crippen molar-refractivity contribution in [2.45, 2.75) is 0 Å². The van der Waals surface area contributed by atoms with Crippen LogP contribution in [0.4, 0.5) is 0 Å². The normalized spacial score (nSPS) is 18.9. The van der Waals surface area contributed by atoms with Gasteiger partial charge < -0.3 is 8.37 Å². The Morgan fingerprint density at radius 1 is 0.909 bits per heavy atom. The van der Waals surface area contributed by atoms with Gasteiger partial charge in [-0.25, -0.2) is 0 Å². The molecule has 11 heavy (non-hydrogen) atoms. The van der Waals surface area contributed by atoms with Crippen LogP contribution in [-0.2, 0) is 10.4 Å². The molecular weight excluding hydrogens is 176 g/mol. The predicted molar refractivity (Wildman–Crippen MR) is 31.5 cm³/mol. The van der Waals surface area contributed by atoms with E-state index in [9.17, 15) is 18.0 Å². The molecule has 1 aliphatic heterocycles. The molecule has 0 fully saturated rings. The minimum Gasteiger partial charge on any atom is -0.344 e. The largest absolute Gasteiger partial charge is 0.501 e. The molecule has 58 valence electrons. The van der Waals surface area contributed by atoms with Crippen molar-refractivity contribution in [2.75, 3.05) is 0 Å². The van der Waals surface area contributed by atoms with Crippen LogP contribution >= 0.6 is 0 Å². The zero-order chi connectivity index (χ0) is 8.22. The Balaban J connectivity index is 2.70. The van der Waals surface area contributed by atoms with Crippen molar-refractivity contribution < 1.29 is 16.8 Å². The molecule has 0 bridgehead atoms. The van der Waals surface area contributed by atoms with Crippen molar-refractivity contribution in [3.8, 4) is 11.5 Å². The molecular formula is C4O6S. The van der Waals surface area contributed by atoms with Gasteiger partial charge in [0.25, 0.3) is 10.9 Å². The summed E-state index contributed by atoms with van der Waals surface area (Å²) in [4.78, 5) is 20.9. The van der Waals surface area contributed by atoms with Crippen LogP contribution in [0, 0.1) is 0 Å². The summed E-state index contributed by atoms with van der Waals surface area (Å²) in [6, 6.07) is 0. The van der Waals surface area contributed by atoms with Gasteiger partial charge in [0, 0.05) is 0 Å². The maximum Gasteiger partial charge on any atom is 0.501 e. The lowest BCUT2D eigenvalue weighted by Gasteiger charge is -1.87. The topological polar surface area (TPSA) is 86.7 Å². The zero-order valence-corrected chi connectivity index (χ0v) is 5.67. The van der Waals surface area contributed by atoms with Crippen molar-refractivity contribution >= 4 is 10.4 Å². The number of rotatable bonds is 0. The highest BCUT2D eigenvalue weighted by Crippen LogP contribution is 2.29. The smallest absolute Gasteiger partial charge is 0.344 e. The fourth-order valence-electron chi connectivity index (χ4n) is 0.722. The van der Waals surface area contributed by atoms with Gasteiger partial charge in [0.05, 0.1) is 0 Å². The Morgan fingerprint density at radius 3 is 1.64 bits per heavy atom. The Bertz CT molecular complexity index is 447. The molecule has 0 aliphatic carbocycles. The van der Waals surface area contributed by atoms with Crippen LogP contribution in [0.25, 0.3) is 0 Å². The summed E-state index contributed by atoms with van der Waals surface area (Å²) in [5, 5.41) is 0. The van der Waals surface area contributed by atoms with Gasteiger partial charge in [-0.1, -0.05) is 0 Å². The van der Waals surface area contributed by atoms with Crippen molar-refractivity contribution in [1.82, 2.24) is 0 Å². The van der Waals surface area contributed by atoms with Crippen LogP contribution in [0.3, 0.4) is 0 Å². The van der Waals surface area contributed by atoms with Gasteiger partial charge in [-0.3, -0.25) is 9.59 Å². The molecule has 0 spiro atoms. The van der Waals surface area contributed by atoms with Crippen LogP contribution in [-0.4, -0.2) is 8.42 Å². The fraction of sp³-hybridized carbons (Fsp3) is 0. The van der Waals surface area contributed by atoms with Crippen molar-refractivity contribution in [1.29, 1.82) is 0 Å². The summed E-state index contributed by atoms with van der Waals surface area (Å²) in [6.07, 6.45) is 0. The van der Waals surface area contributed by atoms with Gasteiger partial charge >= 0.3 is 10.4 Å². The lowest BCUT2D eigenvalue weighted by molar-refractivity contribution is 0.437. The summed E-state index contributed by atoms with van der Waals surface area (Å²) in [7, 11) is -4.16. The molecule has 6 nitrogen and oxygen atoms in total. The Morgan fingerprint density at radius 2 is 1.27 bits per heavy atom. The number of fused-ring (bicyclic) bond motifs is 1. The van der Waals surface area contributed by atoms with E-state index in [0.29, 0.717) is 0 Å². The van der Waals surface area contributed by atoms with Crippen LogP contribution < -0.4 is 19.2 Å². The third-order valence-electron chi connectivity index (χ3n) is 1.20. The van der Waals surface area contributed by atoms with Gasteiger partial charge in [-0.05, 0) is 0 Å². The minimum atomic E-state index is -4.16. The quantitative estimate of drug-likeness (QED) is 0.438. The lowest BCUT2D eigenvalue weighted by atomic mass is 10.2. The molecule has 0 aromatic heterocycles. The molecule has 0 atom stereocenters. The van der Waals surface area contributed by atoms with E-state index in [1.807, 2.05) is 0 Å². The second-order valence-corrected chi connectivity index (χ2v) is 3.04. The van der Waals surface area contributed by atoms with Crippen LogP contribution in [0.15, 0.2) is 9.59 Å². The third-order valence-corrected chi connectivity index (χ3v) is 1.94. The van der Waals surface area contributed by atoms with Crippen molar-refractivity contribution in [3.63, 3.8) is 0 Å². The van der Waals surface area contributed by atoms with E-state index >= 15 is 0 Å². The van der Waals surface area contributed by atoms with Crippen molar-refractivity contribution in [3.05, 3.63) is 20.4 Å². The molecule has 1 aliphatic rings. The molecule has 0 radical (unpaired) electrons. The van der Waals surface area contributed by atoms with E-state index in [-0.39, 0.29) is 0 Å². The van der Waals surface area contributed by atoms with Gasteiger partial charge in [0.1, 0.15) is 0 Å². The maximum absolute atomic E-state index is 10.5. The molecule has 7 heteroatoms. The standard InChI is InChI=1S/C4O6S/c5-1-2(6)4-3(1)9-11(7,8)10-4. The average molecular weight is 176 g/mol. The Hall–Kier alpha value is -1.37. The van der Waals surface area contributed by atoms with E-state index in [1.54, 1.807) is 0 Å². The van der Waals surface area contributed by atoms with Crippen LogP contribution in [0.2, 0.25) is 0 Å². The maximum atomic E-state index is 10.5. The van der Waals surface area contributed by atoms with Gasteiger partial charge in [-0.15, -0.1) is 8.42 Å². The molecule has 0 saturated carbocycles. The van der Waals surface area contributed by atoms with Gasteiger partial charge in [-0.2, -0.15) is 0 Å². The summed E-state index contributed by atoms with van der Waals surface area (Å²) >= 11 is 0. The molecule has 2 rings (SSSR count). The van der Waals surface area contributed by atoms with Crippen molar-refractivity contribution in [2.24, 2.45) is 0 Å². The van der Waals surface area contributed by atoms with Crippen LogP contribution in [0.5, 0.6) is 11.5 Å². The summed E-state index contributed by atoms with van der Waals surface area (Å²) in [6.45, 7) is 0. The third kappa shape index (κ3) is 0.625. The van der Waals surface area contributed by atoms with E-state index in [2.05, 4.69) is 8.37 Å². The SMILES string of the molecule is O=c1c2c(c1=O)OS(=O)(=O)O2. The summed E-state index contributed by atoms with van der Waals surface area (Å²) in [5.41, 5.74) is -1.91. The van der Waals surface area contributed by atoms with E-state index in [0.717, 1.165) is 0 Å². The second-order valence-electron chi connectivity index (χ2n) is 1.89. The van der Waals surface area contributed by atoms with Crippen LogP contribution in [0.1, 0.15) is 0 Å². The fourth-order valence-corrected chi connectivity index (χ4v) is 1.47. The highest BCUT2D eigenvalue weighted by Gasteiger charge is 2.39. The highest BCUT2D eigenvalue weighted by atomic mass is 32.3. The van der Waals surface area contributed by atoms with E-state index in [1.165, 1.54) is 0 Å². The van der Waals surface area contributed by atoms with Gasteiger partial charge in [0.15, 0.2) is 0 Å². The molecule has 1 aromatic rings. The zero-order valence-electron chi connectivity index (χ0n) is 4.86. The minimum absolute atomic E-state index is 0.505. The van der Waals surface area contributed by atoms with E-state index in [4.69, 9.17) is 0 Å². The molecule has 0 amide bonds. The second kappa shape index (κ2) is 1.45. The molecule has 1 heterocycles. The van der Waals surface area contributed by atoms with Gasteiger partial charge in [0.2, 0.25) is 11.5 Å². The molecule has 0 N–H and O–H groups in total. The first-order chi connectivity index (χ1) is 5.01. The monoisotopic (exact) mass is 176 g/mol. The molecule has 0 saturated heterocycles. The first-order valence-corrected chi connectivity index (χ1v) is 3.82. The summed E-state index contributed by atoms with van der Waals surface area (Å²) < 4.78 is 28.8. The number of hydrogen-bond donors (Lipinski definition) is 0. The highest BCUT2D eigenvalue weighted by molar-refractivity contribution is 7.82. The number of hydrogen-bond acceptors (Lipinski definition) is 6. The lowest BCUT2D eigenvalue weighted by Crippen LogP contribution is -2.29. The first kappa shape index (κ1) is 6.35. The van der Waals surface area contributed by atoms with E-state index < -0.39 is 32.8 Å². The first-order valence-electron chi connectivity index (χ1n) is 2.48. The average Bonchev–Trinajstić information content (AvgIpc) is 2.23. The predicted octanol–water partition coefficient (Wildman–Crippen LogP) is -1.70. The molecule has 0 unspecified atom stereocenters. The summed E-state index contributed by atoms with van der Waals surface area (Å²) in [5.74, 6) is -1.01. The Labute approximate surface area is 60.0 Å². The molecule has 1 aromatic carbocycles. The Kier molecular flexibility index (Phi) is 0.835.